The summed E-state index contributed by atoms with van der Waals surface area (Å²) >= 11 is 0. The average Bonchev–Trinajstić information content (AvgIpc) is 2.86. The zero-order valence-corrected chi connectivity index (χ0v) is 25.1. The van der Waals surface area contributed by atoms with Crippen molar-refractivity contribution in [3.05, 3.63) is 39.9 Å². The largest absolute Gasteiger partial charge is 0.510 e. The van der Waals surface area contributed by atoms with E-state index in [1.165, 1.54) is 4.90 Å². The number of benzene rings is 1. The summed E-state index contributed by atoms with van der Waals surface area (Å²) in [4.78, 5) is 43.0. The lowest BCUT2D eigenvalue weighted by Crippen LogP contribution is -2.63. The Bertz CT molecular complexity index is 1500. The highest BCUT2D eigenvalue weighted by Gasteiger charge is 2.63. The van der Waals surface area contributed by atoms with E-state index in [1.54, 1.807) is 20.2 Å². The number of carbonyl (C=O) groups excluding carboxylic acids is 3. The van der Waals surface area contributed by atoms with Gasteiger partial charge in [0.15, 0.2) is 11.4 Å². The number of nitrogen functional groups attached to an aromatic ring is 1. The first-order chi connectivity index (χ1) is 19.8. The van der Waals surface area contributed by atoms with Gasteiger partial charge >= 0.3 is 10.4 Å². The number of likely N-dealkylation sites (N-methyl/N-ethyl adjacent to an activating group) is 1. The highest BCUT2D eigenvalue weighted by Crippen LogP contribution is 2.53. The van der Waals surface area contributed by atoms with E-state index >= 15 is 0 Å². The van der Waals surface area contributed by atoms with Crippen molar-refractivity contribution in [1.29, 1.82) is 0 Å². The standard InChI is InChI=1S/C27H36N4O7.H2O4S/c1-5-7-31(8-6-2)16-11-15(28)21(32)18-13(16)9-12-10-14-20(30(3)4)23(34)19(26(29)37)25(36)27(14,38)24(35)17(12)22(18)33;1-5(2,3)4/h11-12,14,20,32,34-35,38H,5-10,28H2,1-4H3,(H2,29,37);(H2,1,2,3,4)/t12?,14?,20-,27-;/m0./s1. The molecule has 1 amide bonds. The van der Waals surface area contributed by atoms with Crippen molar-refractivity contribution in [2.45, 2.75) is 51.2 Å². The number of rotatable bonds is 7. The molecule has 0 aromatic heterocycles. The molecule has 3 aliphatic rings. The summed E-state index contributed by atoms with van der Waals surface area (Å²) in [7, 11) is -1.47. The minimum Gasteiger partial charge on any atom is -0.510 e. The number of anilines is 2. The Kier molecular flexibility index (Phi) is 9.53. The number of nitrogens with zero attached hydrogens (tertiary/aromatic N) is 2. The van der Waals surface area contributed by atoms with Gasteiger partial charge in [-0.3, -0.25) is 28.4 Å². The second-order valence-electron chi connectivity index (χ2n) is 11.1. The molecule has 0 radical (unpaired) electrons. The number of hydrogen-bond donors (Lipinski definition) is 8. The molecule has 0 spiro atoms. The molecule has 1 aromatic carbocycles. The maximum absolute atomic E-state index is 13.9. The predicted molar refractivity (Wildman–Crippen MR) is 155 cm³/mol. The van der Waals surface area contributed by atoms with Crippen LogP contribution in [0.4, 0.5) is 11.4 Å². The summed E-state index contributed by atoms with van der Waals surface area (Å²) in [6.07, 6.45) is 1.95. The van der Waals surface area contributed by atoms with Crippen molar-refractivity contribution in [3.8, 4) is 5.75 Å². The molecule has 43 heavy (non-hydrogen) atoms. The van der Waals surface area contributed by atoms with E-state index in [9.17, 15) is 34.8 Å². The topological polar surface area (TPSA) is 265 Å². The van der Waals surface area contributed by atoms with Crippen molar-refractivity contribution in [1.82, 2.24) is 4.90 Å². The molecule has 4 rings (SSSR count). The van der Waals surface area contributed by atoms with Crippen LogP contribution in [0.2, 0.25) is 0 Å². The van der Waals surface area contributed by atoms with Crippen LogP contribution >= 0.6 is 0 Å². The van der Waals surface area contributed by atoms with Gasteiger partial charge in [-0.2, -0.15) is 8.42 Å². The van der Waals surface area contributed by atoms with Crippen molar-refractivity contribution < 1.29 is 52.3 Å². The number of primary amides is 1. The number of amides is 1. The summed E-state index contributed by atoms with van der Waals surface area (Å²) in [5, 5.41) is 44.9. The van der Waals surface area contributed by atoms with Crippen molar-refractivity contribution in [2.24, 2.45) is 17.6 Å². The maximum atomic E-state index is 13.9. The lowest BCUT2D eigenvalue weighted by atomic mass is 9.58. The van der Waals surface area contributed by atoms with E-state index in [0.29, 0.717) is 18.7 Å². The lowest BCUT2D eigenvalue weighted by Gasteiger charge is -2.50. The Labute approximate surface area is 248 Å². The number of ketones is 2. The van der Waals surface area contributed by atoms with Crippen LogP contribution < -0.4 is 16.4 Å². The molecule has 0 heterocycles. The number of nitrogens with two attached hydrogens (primary N) is 2. The zero-order valence-electron chi connectivity index (χ0n) is 24.2. The van der Waals surface area contributed by atoms with Crippen LogP contribution in [0.1, 0.15) is 49.0 Å². The molecule has 10 N–H and O–H groups in total. The molecule has 4 atom stereocenters. The SMILES string of the molecule is CCCN(CCC)c1cc(N)c(O)c2c1CC1CC3[C@H](N(C)C)C(O)=C(C(N)=O)C(=O)[C@@]3(O)C(O)=C1C2=O.O=S(=O)(O)O. The third kappa shape index (κ3) is 5.92. The first-order valence-electron chi connectivity index (χ1n) is 13.6. The number of phenolic OH excluding ortho intramolecular Hbond substituents is 1. The summed E-state index contributed by atoms with van der Waals surface area (Å²) < 4.78 is 31.6. The summed E-state index contributed by atoms with van der Waals surface area (Å²) in [5.74, 6) is -6.87. The minimum atomic E-state index is -4.67. The summed E-state index contributed by atoms with van der Waals surface area (Å²) in [6.45, 7) is 5.47. The number of hydrogen-bond acceptors (Lipinski definition) is 12. The molecule has 0 saturated heterocycles. The fourth-order valence-corrected chi connectivity index (χ4v) is 6.49. The second kappa shape index (κ2) is 12.1. The van der Waals surface area contributed by atoms with Gasteiger partial charge in [0.1, 0.15) is 22.8 Å². The second-order valence-corrected chi connectivity index (χ2v) is 12.0. The number of carbonyl (C=O) groups is 3. The summed E-state index contributed by atoms with van der Waals surface area (Å²) in [6, 6.07) is 0.623. The zero-order chi connectivity index (χ0) is 32.8. The fraction of sp³-hybridized carbons (Fsp3) is 0.519. The molecule has 0 aliphatic heterocycles. The molecule has 3 aliphatic carbocycles. The van der Waals surface area contributed by atoms with Gasteiger partial charge in [-0.15, -0.1) is 0 Å². The van der Waals surface area contributed by atoms with Gasteiger partial charge in [-0.25, -0.2) is 0 Å². The molecule has 0 fully saturated rings. The number of fused-ring (bicyclic) bond motifs is 3. The first-order valence-corrected chi connectivity index (χ1v) is 15.0. The van der Waals surface area contributed by atoms with Gasteiger partial charge in [0.05, 0.1) is 17.3 Å². The van der Waals surface area contributed by atoms with Crippen LogP contribution in [0.15, 0.2) is 28.7 Å². The van der Waals surface area contributed by atoms with Gasteiger partial charge in [0.25, 0.3) is 5.91 Å². The van der Waals surface area contributed by atoms with E-state index in [2.05, 4.69) is 4.90 Å². The molecule has 238 valence electrons. The number of aliphatic hydroxyl groups excluding tert-OH is 2. The van der Waals surface area contributed by atoms with E-state index in [0.717, 1.165) is 18.5 Å². The molecular formula is C27H38N4O11S. The molecule has 0 saturated carbocycles. The third-order valence-electron chi connectivity index (χ3n) is 8.06. The maximum Gasteiger partial charge on any atom is 0.394 e. The molecule has 15 nitrogen and oxygen atoms in total. The van der Waals surface area contributed by atoms with Crippen LogP contribution in [-0.4, -0.2) is 99.2 Å². The number of allylic oxidation sites excluding steroid dienone is 1. The Hall–Kier alpha value is -3.70. The van der Waals surface area contributed by atoms with Crippen LogP contribution in [-0.2, 0) is 26.4 Å². The average molecular weight is 627 g/mol. The summed E-state index contributed by atoms with van der Waals surface area (Å²) in [5.41, 5.74) is 9.01. The van der Waals surface area contributed by atoms with E-state index in [-0.39, 0.29) is 29.7 Å². The van der Waals surface area contributed by atoms with Crippen LogP contribution in [0.3, 0.4) is 0 Å². The van der Waals surface area contributed by atoms with Gasteiger partial charge < -0.3 is 36.8 Å². The first kappa shape index (κ1) is 33.8. The molecule has 0 bridgehead atoms. The predicted octanol–water partition coefficient (Wildman–Crippen LogP) is 0.676. The van der Waals surface area contributed by atoms with E-state index in [4.69, 9.17) is 29.0 Å². The number of aromatic hydroxyl groups is 1. The highest BCUT2D eigenvalue weighted by molar-refractivity contribution is 7.79. The van der Waals surface area contributed by atoms with E-state index in [1.807, 2.05) is 13.8 Å². The van der Waals surface area contributed by atoms with Gasteiger partial charge in [0.2, 0.25) is 5.78 Å². The lowest BCUT2D eigenvalue weighted by molar-refractivity contribution is -0.148. The number of aliphatic hydroxyl groups is 3. The number of phenols is 1. The highest BCUT2D eigenvalue weighted by atomic mass is 32.3. The van der Waals surface area contributed by atoms with Crippen LogP contribution in [0.25, 0.3) is 0 Å². The quantitative estimate of drug-likeness (QED) is 0.0895. The van der Waals surface area contributed by atoms with Gasteiger partial charge in [-0.05, 0) is 57.3 Å². The monoisotopic (exact) mass is 626 g/mol. The van der Waals surface area contributed by atoms with Gasteiger partial charge in [-0.1, -0.05) is 13.8 Å². The van der Waals surface area contributed by atoms with Crippen LogP contribution in [0, 0.1) is 11.8 Å². The smallest absolute Gasteiger partial charge is 0.394 e. The molecular weight excluding hydrogens is 588 g/mol. The van der Waals surface area contributed by atoms with Crippen molar-refractivity contribution in [2.75, 3.05) is 37.8 Å². The van der Waals surface area contributed by atoms with Gasteiger partial charge in [0, 0.05) is 30.3 Å². The Balaban J connectivity index is 0.000000934. The van der Waals surface area contributed by atoms with Crippen molar-refractivity contribution in [3.63, 3.8) is 0 Å². The van der Waals surface area contributed by atoms with Crippen LogP contribution in [0.5, 0.6) is 5.75 Å². The third-order valence-corrected chi connectivity index (χ3v) is 8.06. The van der Waals surface area contributed by atoms with E-state index < -0.39 is 74.2 Å². The Morgan fingerprint density at radius 2 is 1.63 bits per heavy atom. The number of Topliss-reactive ketones (excluding diaryl/α,β-unsaturated/α-hetero) is 2. The minimum absolute atomic E-state index is 0.000489. The molecule has 2 unspecified atom stereocenters. The molecule has 16 heteroatoms. The molecule has 1 aromatic rings. The Morgan fingerprint density at radius 3 is 2.09 bits per heavy atom. The Morgan fingerprint density at radius 1 is 1.09 bits per heavy atom. The fourth-order valence-electron chi connectivity index (χ4n) is 6.49. The normalized spacial score (nSPS) is 25.1. The van der Waals surface area contributed by atoms with Crippen molar-refractivity contribution >= 4 is 39.2 Å².